The van der Waals surface area contributed by atoms with Crippen molar-refractivity contribution >= 4 is 5.96 Å². The van der Waals surface area contributed by atoms with Crippen LogP contribution in [0.1, 0.15) is 56.4 Å². The van der Waals surface area contributed by atoms with Gasteiger partial charge in [-0.2, -0.15) is 5.10 Å². The lowest BCUT2D eigenvalue weighted by Crippen LogP contribution is -2.48. The van der Waals surface area contributed by atoms with Gasteiger partial charge < -0.3 is 19.7 Å². The topological polar surface area (TPSA) is 63.9 Å². The standard InChI is InChI=1S/C25H39N5O2/c1-7-32-22-10-8-21(9-11-22)25(12-14-31-15-13-25)18-27-24(26-4)29(5)16-20-17-30(6)28-23(20)19(2)3/h8-11,17,19H,7,12-16,18H2,1-6H3,(H,26,27). The van der Waals surface area contributed by atoms with Gasteiger partial charge in [-0.3, -0.25) is 9.67 Å². The average Bonchev–Trinajstić information content (AvgIpc) is 3.16. The Morgan fingerprint density at radius 1 is 1.28 bits per heavy atom. The largest absolute Gasteiger partial charge is 0.494 e. The van der Waals surface area contributed by atoms with Crippen molar-refractivity contribution in [3.63, 3.8) is 0 Å². The van der Waals surface area contributed by atoms with Crippen molar-refractivity contribution in [3.05, 3.63) is 47.3 Å². The van der Waals surface area contributed by atoms with Crippen LogP contribution in [0.3, 0.4) is 0 Å². The first-order valence-electron chi connectivity index (χ1n) is 11.6. The molecule has 3 rings (SSSR count). The first kappa shape index (κ1) is 24.1. The van der Waals surface area contributed by atoms with Gasteiger partial charge in [-0.1, -0.05) is 26.0 Å². The maximum absolute atomic E-state index is 5.70. The van der Waals surface area contributed by atoms with Gasteiger partial charge in [-0.05, 0) is 43.4 Å². The highest BCUT2D eigenvalue weighted by molar-refractivity contribution is 5.79. The van der Waals surface area contributed by atoms with Crippen molar-refractivity contribution in [3.8, 4) is 5.75 Å². The van der Waals surface area contributed by atoms with Crippen LogP contribution in [0, 0.1) is 0 Å². The highest BCUT2D eigenvalue weighted by Gasteiger charge is 2.35. The summed E-state index contributed by atoms with van der Waals surface area (Å²) >= 11 is 0. The molecule has 1 saturated heterocycles. The molecule has 32 heavy (non-hydrogen) atoms. The van der Waals surface area contributed by atoms with Gasteiger partial charge in [0.05, 0.1) is 12.3 Å². The van der Waals surface area contributed by atoms with Crippen molar-refractivity contribution in [2.24, 2.45) is 12.0 Å². The summed E-state index contributed by atoms with van der Waals surface area (Å²) in [6.07, 6.45) is 4.07. The Kier molecular flexibility index (Phi) is 8.18. The van der Waals surface area contributed by atoms with Gasteiger partial charge >= 0.3 is 0 Å². The molecule has 1 aromatic heterocycles. The summed E-state index contributed by atoms with van der Waals surface area (Å²) in [5, 5.41) is 8.30. The van der Waals surface area contributed by atoms with Crippen LogP contribution in [0.4, 0.5) is 0 Å². The minimum Gasteiger partial charge on any atom is -0.494 e. The molecular weight excluding hydrogens is 402 g/mol. The number of guanidine groups is 1. The van der Waals surface area contributed by atoms with Crippen LogP contribution >= 0.6 is 0 Å². The maximum atomic E-state index is 5.70. The predicted octanol–water partition coefficient (Wildman–Crippen LogP) is 3.70. The maximum Gasteiger partial charge on any atom is 0.193 e. The molecular formula is C25H39N5O2. The number of benzene rings is 1. The number of aliphatic imine (C=N–C) groups is 1. The fraction of sp³-hybridized carbons (Fsp3) is 0.600. The summed E-state index contributed by atoms with van der Waals surface area (Å²) in [5.41, 5.74) is 3.71. The zero-order chi connectivity index (χ0) is 23.1. The zero-order valence-electron chi connectivity index (χ0n) is 20.5. The third kappa shape index (κ3) is 5.63. The van der Waals surface area contributed by atoms with E-state index in [0.717, 1.165) is 56.5 Å². The van der Waals surface area contributed by atoms with Gasteiger partial charge in [0.2, 0.25) is 0 Å². The average molecular weight is 442 g/mol. The monoisotopic (exact) mass is 441 g/mol. The number of rotatable bonds is 8. The fourth-order valence-corrected chi connectivity index (χ4v) is 4.53. The van der Waals surface area contributed by atoms with Crippen molar-refractivity contribution in [2.45, 2.75) is 51.5 Å². The van der Waals surface area contributed by atoms with Gasteiger partial charge in [0, 0.05) is 64.6 Å². The van der Waals surface area contributed by atoms with E-state index >= 15 is 0 Å². The molecule has 7 nitrogen and oxygen atoms in total. The van der Waals surface area contributed by atoms with Crippen LogP contribution < -0.4 is 10.1 Å². The Balaban J connectivity index is 1.73. The summed E-state index contributed by atoms with van der Waals surface area (Å²) in [7, 11) is 5.91. The Hall–Kier alpha value is -2.54. The lowest BCUT2D eigenvalue weighted by Gasteiger charge is -2.39. The van der Waals surface area contributed by atoms with Crippen molar-refractivity contribution in [2.75, 3.05) is 40.5 Å². The van der Waals surface area contributed by atoms with E-state index in [1.54, 1.807) is 0 Å². The molecule has 2 heterocycles. The fourth-order valence-electron chi connectivity index (χ4n) is 4.53. The number of nitrogens with zero attached hydrogens (tertiary/aromatic N) is 4. The number of hydrogen-bond acceptors (Lipinski definition) is 4. The third-order valence-electron chi connectivity index (χ3n) is 6.28. The molecule has 176 valence electrons. The number of aryl methyl sites for hydroxylation is 1. The van der Waals surface area contributed by atoms with Crippen molar-refractivity contribution in [1.82, 2.24) is 20.0 Å². The summed E-state index contributed by atoms with van der Waals surface area (Å²) < 4.78 is 13.2. The quantitative estimate of drug-likeness (QED) is 0.500. The Morgan fingerprint density at radius 3 is 2.56 bits per heavy atom. The van der Waals surface area contributed by atoms with E-state index in [0.29, 0.717) is 12.5 Å². The summed E-state index contributed by atoms with van der Waals surface area (Å²) in [6, 6.07) is 8.56. The van der Waals surface area contributed by atoms with Crippen molar-refractivity contribution < 1.29 is 9.47 Å². The third-order valence-corrected chi connectivity index (χ3v) is 6.28. The molecule has 0 amide bonds. The van der Waals surface area contributed by atoms with Crippen LogP contribution in [-0.2, 0) is 23.7 Å². The Labute approximate surface area is 192 Å². The smallest absolute Gasteiger partial charge is 0.193 e. The summed E-state index contributed by atoms with van der Waals surface area (Å²) in [4.78, 5) is 6.74. The van der Waals surface area contributed by atoms with E-state index in [9.17, 15) is 0 Å². The van der Waals surface area contributed by atoms with Gasteiger partial charge in [0.25, 0.3) is 0 Å². The SMILES string of the molecule is CCOc1ccc(C2(CNC(=NC)N(C)Cc3cn(C)nc3C(C)C)CCOCC2)cc1. The second kappa shape index (κ2) is 10.9. The molecule has 0 unspecified atom stereocenters. The van der Waals surface area contributed by atoms with E-state index in [1.807, 2.05) is 25.7 Å². The van der Waals surface area contributed by atoms with Gasteiger partial charge in [-0.15, -0.1) is 0 Å². The van der Waals surface area contributed by atoms with E-state index in [4.69, 9.17) is 9.47 Å². The molecule has 1 aliphatic rings. The molecule has 7 heteroatoms. The van der Waals surface area contributed by atoms with Crippen LogP contribution in [0.15, 0.2) is 35.5 Å². The van der Waals surface area contributed by atoms with Crippen LogP contribution in [0.2, 0.25) is 0 Å². The molecule has 1 aromatic carbocycles. The van der Waals surface area contributed by atoms with E-state index < -0.39 is 0 Å². The highest BCUT2D eigenvalue weighted by Crippen LogP contribution is 2.35. The number of nitrogens with one attached hydrogen (secondary N) is 1. The molecule has 0 spiro atoms. The van der Waals surface area contributed by atoms with Crippen molar-refractivity contribution in [1.29, 1.82) is 0 Å². The Bertz CT molecular complexity index is 882. The lowest BCUT2D eigenvalue weighted by atomic mass is 9.74. The van der Waals surface area contributed by atoms with Crippen LogP contribution in [-0.4, -0.2) is 61.1 Å². The predicted molar refractivity (Wildman–Crippen MR) is 129 cm³/mol. The molecule has 1 N–H and O–H groups in total. The summed E-state index contributed by atoms with van der Waals surface area (Å²) in [6.45, 7) is 10.2. The summed E-state index contributed by atoms with van der Waals surface area (Å²) in [5.74, 6) is 2.19. The normalized spacial score (nSPS) is 16.3. The molecule has 1 aliphatic heterocycles. The molecule has 0 bridgehead atoms. The Morgan fingerprint density at radius 2 is 1.97 bits per heavy atom. The second-order valence-electron chi connectivity index (χ2n) is 8.97. The van der Waals surface area contributed by atoms with E-state index in [-0.39, 0.29) is 5.41 Å². The molecule has 1 fully saturated rings. The van der Waals surface area contributed by atoms with E-state index in [2.05, 4.69) is 71.7 Å². The minimum absolute atomic E-state index is 0.0111. The molecule has 0 saturated carbocycles. The number of hydrogen-bond donors (Lipinski definition) is 1. The molecule has 2 aromatic rings. The van der Waals surface area contributed by atoms with Gasteiger partial charge in [0.1, 0.15) is 5.75 Å². The second-order valence-corrected chi connectivity index (χ2v) is 8.97. The first-order chi connectivity index (χ1) is 15.4. The minimum atomic E-state index is 0.0111. The number of aromatic nitrogens is 2. The molecule has 0 aliphatic carbocycles. The van der Waals surface area contributed by atoms with Gasteiger partial charge in [0.15, 0.2) is 5.96 Å². The first-order valence-corrected chi connectivity index (χ1v) is 11.6. The highest BCUT2D eigenvalue weighted by atomic mass is 16.5. The molecule has 0 atom stereocenters. The van der Waals surface area contributed by atoms with Crippen LogP contribution in [0.5, 0.6) is 5.75 Å². The van der Waals surface area contributed by atoms with Crippen LogP contribution in [0.25, 0.3) is 0 Å². The zero-order valence-corrected chi connectivity index (χ0v) is 20.5. The van der Waals surface area contributed by atoms with E-state index in [1.165, 1.54) is 11.1 Å². The van der Waals surface area contributed by atoms with Gasteiger partial charge in [-0.25, -0.2) is 0 Å². The number of ether oxygens (including phenoxy) is 2. The molecule has 0 radical (unpaired) electrons. The lowest BCUT2D eigenvalue weighted by molar-refractivity contribution is 0.0512.